The Morgan fingerprint density at radius 3 is 2.56 bits per heavy atom. The Kier molecular flexibility index (Phi) is 4.32. The highest BCUT2D eigenvalue weighted by Gasteiger charge is 2.11. The average Bonchev–Trinajstić information content (AvgIpc) is 2.27. The number of anilines is 1. The van der Waals surface area contributed by atoms with Gasteiger partial charge in [0.25, 0.3) is 0 Å². The third-order valence-electron chi connectivity index (χ3n) is 1.91. The summed E-state index contributed by atoms with van der Waals surface area (Å²) < 4.78 is 4.73. The number of phenols is 1. The summed E-state index contributed by atoms with van der Waals surface area (Å²) >= 11 is 0. The van der Waals surface area contributed by atoms with Gasteiger partial charge in [-0.25, -0.2) is 0 Å². The van der Waals surface area contributed by atoms with E-state index in [2.05, 4.69) is 0 Å². The molecule has 0 saturated heterocycles. The Morgan fingerprint density at radius 1 is 1.44 bits per heavy atom. The number of esters is 1. The summed E-state index contributed by atoms with van der Waals surface area (Å²) in [6.07, 6.45) is 0.545. The molecule has 1 amide bonds. The molecule has 0 aliphatic rings. The number of carbonyl (C=O) groups excluding carboxylic acids is 2. The van der Waals surface area contributed by atoms with Gasteiger partial charge in [-0.1, -0.05) is 0 Å². The van der Waals surface area contributed by atoms with Crippen LogP contribution in [-0.4, -0.2) is 30.6 Å². The molecule has 0 fully saturated rings. The maximum absolute atomic E-state index is 11.2. The Bertz CT molecular complexity index is 361. The van der Waals surface area contributed by atoms with E-state index in [-0.39, 0.29) is 18.9 Å². The second kappa shape index (κ2) is 5.75. The lowest BCUT2D eigenvalue weighted by atomic mass is 10.3. The van der Waals surface area contributed by atoms with Gasteiger partial charge in [-0.2, -0.15) is 0 Å². The number of hydrogen-bond acceptors (Lipinski definition) is 4. The molecule has 0 atom stereocenters. The molecule has 0 aliphatic heterocycles. The van der Waals surface area contributed by atoms with E-state index in [9.17, 15) is 9.59 Å². The molecule has 0 spiro atoms. The largest absolute Gasteiger partial charge is 0.508 e. The average molecular weight is 223 g/mol. The summed E-state index contributed by atoms with van der Waals surface area (Å²) in [5.74, 6) is -0.367. The number of rotatable bonds is 5. The van der Waals surface area contributed by atoms with Gasteiger partial charge in [-0.05, 0) is 31.2 Å². The molecule has 0 unspecified atom stereocenters. The van der Waals surface area contributed by atoms with Gasteiger partial charge < -0.3 is 14.7 Å². The smallest absolute Gasteiger partial charge is 0.326 e. The molecule has 5 nitrogen and oxygen atoms in total. The first kappa shape index (κ1) is 12.0. The van der Waals surface area contributed by atoms with Crippen LogP contribution in [0.25, 0.3) is 0 Å². The van der Waals surface area contributed by atoms with E-state index in [1.165, 1.54) is 17.0 Å². The van der Waals surface area contributed by atoms with Gasteiger partial charge in [-0.15, -0.1) is 0 Å². The number of ether oxygens (including phenoxy) is 1. The number of phenolic OH excluding ortho intramolecular Hbond substituents is 1. The van der Waals surface area contributed by atoms with Crippen molar-refractivity contribution in [1.29, 1.82) is 0 Å². The molecule has 16 heavy (non-hydrogen) atoms. The number of hydrogen-bond donors (Lipinski definition) is 1. The van der Waals surface area contributed by atoms with Crippen LogP contribution in [0.2, 0.25) is 0 Å². The van der Waals surface area contributed by atoms with Crippen molar-refractivity contribution in [2.45, 2.75) is 6.92 Å². The van der Waals surface area contributed by atoms with Crippen molar-refractivity contribution in [2.75, 3.05) is 18.1 Å². The summed E-state index contributed by atoms with van der Waals surface area (Å²) in [6, 6.07) is 5.97. The van der Waals surface area contributed by atoms with Crippen molar-refractivity contribution in [3.63, 3.8) is 0 Å². The van der Waals surface area contributed by atoms with Crippen LogP contribution in [-0.2, 0) is 14.3 Å². The van der Waals surface area contributed by atoms with Gasteiger partial charge in [0.2, 0.25) is 6.41 Å². The fourth-order valence-electron chi connectivity index (χ4n) is 1.18. The minimum absolute atomic E-state index is 0.103. The van der Waals surface area contributed by atoms with Gasteiger partial charge in [0.1, 0.15) is 12.3 Å². The zero-order chi connectivity index (χ0) is 12.0. The number of nitrogens with zero attached hydrogens (tertiary/aromatic N) is 1. The Labute approximate surface area is 93.2 Å². The van der Waals surface area contributed by atoms with Crippen molar-refractivity contribution in [1.82, 2.24) is 0 Å². The zero-order valence-electron chi connectivity index (χ0n) is 8.92. The van der Waals surface area contributed by atoms with E-state index < -0.39 is 5.97 Å². The van der Waals surface area contributed by atoms with Crippen LogP contribution in [0.15, 0.2) is 24.3 Å². The minimum atomic E-state index is -0.470. The molecule has 0 saturated carbocycles. The van der Waals surface area contributed by atoms with Gasteiger partial charge in [-0.3, -0.25) is 9.59 Å². The highest BCUT2D eigenvalue weighted by atomic mass is 16.5. The van der Waals surface area contributed by atoms with Gasteiger partial charge >= 0.3 is 5.97 Å². The van der Waals surface area contributed by atoms with E-state index >= 15 is 0 Å². The summed E-state index contributed by atoms with van der Waals surface area (Å²) in [5, 5.41) is 9.08. The highest BCUT2D eigenvalue weighted by Crippen LogP contribution is 2.17. The first-order valence-corrected chi connectivity index (χ1v) is 4.84. The third-order valence-corrected chi connectivity index (χ3v) is 1.91. The zero-order valence-corrected chi connectivity index (χ0v) is 8.92. The molecule has 0 aliphatic carbocycles. The molecule has 86 valence electrons. The van der Waals surface area contributed by atoms with Crippen LogP contribution in [0.3, 0.4) is 0 Å². The second-order valence-corrected chi connectivity index (χ2v) is 3.05. The quantitative estimate of drug-likeness (QED) is 0.595. The lowest BCUT2D eigenvalue weighted by Gasteiger charge is -2.16. The Balaban J connectivity index is 2.71. The number of aromatic hydroxyl groups is 1. The standard InChI is InChI=1S/C11H13NO4/c1-2-16-11(15)7-12(8-13)9-3-5-10(14)6-4-9/h3-6,8,14H,2,7H2,1H3. The fourth-order valence-corrected chi connectivity index (χ4v) is 1.18. The third kappa shape index (κ3) is 3.27. The molecule has 1 aromatic carbocycles. The van der Waals surface area contributed by atoms with Crippen molar-refractivity contribution in [2.24, 2.45) is 0 Å². The summed E-state index contributed by atoms with van der Waals surface area (Å²) in [4.78, 5) is 23.2. The summed E-state index contributed by atoms with van der Waals surface area (Å²) in [7, 11) is 0. The topological polar surface area (TPSA) is 66.8 Å². The molecule has 0 bridgehead atoms. The normalized spacial score (nSPS) is 9.56. The van der Waals surface area contributed by atoms with Crippen LogP contribution >= 0.6 is 0 Å². The Morgan fingerprint density at radius 2 is 2.06 bits per heavy atom. The lowest BCUT2D eigenvalue weighted by Crippen LogP contribution is -2.29. The van der Waals surface area contributed by atoms with E-state index in [1.807, 2.05) is 0 Å². The van der Waals surface area contributed by atoms with E-state index in [0.717, 1.165) is 0 Å². The summed E-state index contributed by atoms with van der Waals surface area (Å²) in [5.41, 5.74) is 0.529. The number of carbonyl (C=O) groups is 2. The Hall–Kier alpha value is -2.04. The van der Waals surface area contributed by atoms with Crippen LogP contribution in [0.5, 0.6) is 5.75 Å². The molecular weight excluding hydrogens is 210 g/mol. The molecule has 0 heterocycles. The highest BCUT2D eigenvalue weighted by molar-refractivity contribution is 5.85. The van der Waals surface area contributed by atoms with Crippen molar-refractivity contribution in [3.05, 3.63) is 24.3 Å². The molecule has 0 aromatic heterocycles. The van der Waals surface area contributed by atoms with Gasteiger partial charge in [0.05, 0.1) is 6.61 Å². The lowest BCUT2D eigenvalue weighted by molar-refractivity contribution is -0.141. The van der Waals surface area contributed by atoms with Crippen molar-refractivity contribution >= 4 is 18.1 Å². The van der Waals surface area contributed by atoms with E-state index in [0.29, 0.717) is 12.1 Å². The molecule has 5 heteroatoms. The SMILES string of the molecule is CCOC(=O)CN(C=O)c1ccc(O)cc1. The molecule has 1 aromatic rings. The van der Waals surface area contributed by atoms with Crippen LogP contribution < -0.4 is 4.90 Å². The predicted molar refractivity (Wildman–Crippen MR) is 58.1 cm³/mol. The maximum Gasteiger partial charge on any atom is 0.326 e. The molecule has 1 N–H and O–H groups in total. The number of amides is 1. The molecule has 1 rings (SSSR count). The molecular formula is C11H13NO4. The van der Waals surface area contributed by atoms with E-state index in [1.54, 1.807) is 19.1 Å². The van der Waals surface area contributed by atoms with Crippen molar-refractivity contribution < 1.29 is 19.4 Å². The van der Waals surface area contributed by atoms with Crippen LogP contribution in [0.1, 0.15) is 6.92 Å². The van der Waals surface area contributed by atoms with E-state index in [4.69, 9.17) is 9.84 Å². The van der Waals surface area contributed by atoms with Crippen LogP contribution in [0, 0.1) is 0 Å². The van der Waals surface area contributed by atoms with Crippen molar-refractivity contribution in [3.8, 4) is 5.75 Å². The first-order valence-electron chi connectivity index (χ1n) is 4.84. The van der Waals surface area contributed by atoms with Crippen LogP contribution in [0.4, 0.5) is 5.69 Å². The monoisotopic (exact) mass is 223 g/mol. The fraction of sp³-hybridized carbons (Fsp3) is 0.273. The summed E-state index contributed by atoms with van der Waals surface area (Å²) in [6.45, 7) is 1.84. The van der Waals surface area contributed by atoms with Gasteiger partial charge in [0.15, 0.2) is 0 Å². The minimum Gasteiger partial charge on any atom is -0.508 e. The van der Waals surface area contributed by atoms with Gasteiger partial charge in [0, 0.05) is 5.69 Å². The maximum atomic E-state index is 11.2. The predicted octanol–water partition coefficient (Wildman–Crippen LogP) is 0.918. The first-order chi connectivity index (χ1) is 7.67. The molecule has 0 radical (unpaired) electrons. The second-order valence-electron chi connectivity index (χ2n) is 3.05. The number of benzene rings is 1.